The zero-order valence-corrected chi connectivity index (χ0v) is 16.5. The van der Waals surface area contributed by atoms with Crippen molar-refractivity contribution in [3.05, 3.63) is 77.7 Å². The summed E-state index contributed by atoms with van der Waals surface area (Å²) < 4.78 is 0. The monoisotopic (exact) mass is 375 g/mol. The summed E-state index contributed by atoms with van der Waals surface area (Å²) in [5.74, 6) is 0.867. The molecule has 1 aromatic carbocycles. The molecule has 0 aliphatic carbocycles. The summed E-state index contributed by atoms with van der Waals surface area (Å²) in [7, 11) is 1.77. The molecule has 0 fully saturated rings. The SMILES string of the molecule is CC(C)c1ccccc1Nc1ccc(C(=O)N(C)CCc2ccncc2)nn1. The molecular weight excluding hydrogens is 350 g/mol. The Bertz CT molecular complexity index is 910. The number of likely N-dealkylation sites (N-methyl/N-ethyl adjacent to an activating group) is 1. The van der Waals surface area contributed by atoms with Gasteiger partial charge in [0.25, 0.3) is 5.91 Å². The van der Waals surface area contributed by atoms with E-state index in [1.54, 1.807) is 36.5 Å². The van der Waals surface area contributed by atoms with Crippen LogP contribution in [-0.2, 0) is 6.42 Å². The largest absolute Gasteiger partial charge is 0.340 e. The van der Waals surface area contributed by atoms with Crippen molar-refractivity contribution in [1.29, 1.82) is 0 Å². The van der Waals surface area contributed by atoms with Gasteiger partial charge in [-0.15, -0.1) is 10.2 Å². The molecule has 2 heterocycles. The number of nitrogens with zero attached hydrogens (tertiary/aromatic N) is 4. The molecule has 28 heavy (non-hydrogen) atoms. The van der Waals surface area contributed by atoms with Crippen molar-refractivity contribution in [2.24, 2.45) is 0 Å². The average molecular weight is 375 g/mol. The normalized spacial score (nSPS) is 10.7. The maximum atomic E-state index is 12.6. The van der Waals surface area contributed by atoms with Crippen molar-refractivity contribution in [3.8, 4) is 0 Å². The second-order valence-corrected chi connectivity index (χ2v) is 7.00. The van der Waals surface area contributed by atoms with Crippen molar-refractivity contribution < 1.29 is 4.79 Å². The number of aromatic nitrogens is 3. The molecule has 2 aromatic heterocycles. The summed E-state index contributed by atoms with van der Waals surface area (Å²) in [4.78, 5) is 18.2. The fourth-order valence-corrected chi connectivity index (χ4v) is 2.91. The van der Waals surface area contributed by atoms with Gasteiger partial charge in [-0.2, -0.15) is 0 Å². The Morgan fingerprint density at radius 3 is 2.46 bits per heavy atom. The van der Waals surface area contributed by atoms with Gasteiger partial charge in [0.1, 0.15) is 0 Å². The lowest BCUT2D eigenvalue weighted by Gasteiger charge is -2.17. The van der Waals surface area contributed by atoms with E-state index in [2.05, 4.69) is 40.4 Å². The highest BCUT2D eigenvalue weighted by Crippen LogP contribution is 2.25. The average Bonchev–Trinajstić information content (AvgIpc) is 2.73. The van der Waals surface area contributed by atoms with Crippen LogP contribution >= 0.6 is 0 Å². The Balaban J connectivity index is 1.63. The van der Waals surface area contributed by atoms with Crippen LogP contribution in [0.25, 0.3) is 0 Å². The first-order chi connectivity index (χ1) is 13.5. The quantitative estimate of drug-likeness (QED) is 0.674. The fourth-order valence-electron chi connectivity index (χ4n) is 2.91. The lowest BCUT2D eigenvalue weighted by atomic mass is 10.0. The number of para-hydroxylation sites is 1. The molecule has 0 saturated carbocycles. The zero-order valence-electron chi connectivity index (χ0n) is 16.5. The Hall–Kier alpha value is -3.28. The molecule has 6 nitrogen and oxygen atoms in total. The summed E-state index contributed by atoms with van der Waals surface area (Å²) in [6.07, 6.45) is 4.28. The number of rotatable bonds is 7. The van der Waals surface area contributed by atoms with Crippen molar-refractivity contribution in [1.82, 2.24) is 20.1 Å². The molecule has 6 heteroatoms. The molecule has 0 radical (unpaired) electrons. The highest BCUT2D eigenvalue weighted by Gasteiger charge is 2.14. The molecule has 3 rings (SSSR count). The summed E-state index contributed by atoms with van der Waals surface area (Å²) >= 11 is 0. The Labute approximate surface area is 165 Å². The number of amides is 1. The van der Waals surface area contributed by atoms with E-state index in [-0.39, 0.29) is 5.91 Å². The van der Waals surface area contributed by atoms with Crippen LogP contribution < -0.4 is 5.32 Å². The van der Waals surface area contributed by atoms with Crippen LogP contribution in [0.3, 0.4) is 0 Å². The van der Waals surface area contributed by atoms with Crippen molar-refractivity contribution in [2.75, 3.05) is 18.9 Å². The van der Waals surface area contributed by atoms with E-state index < -0.39 is 0 Å². The number of benzene rings is 1. The van der Waals surface area contributed by atoms with Gasteiger partial charge in [-0.05, 0) is 53.8 Å². The summed E-state index contributed by atoms with van der Waals surface area (Å²) in [5.41, 5.74) is 3.68. The van der Waals surface area contributed by atoms with Gasteiger partial charge in [0.05, 0.1) is 0 Å². The number of anilines is 2. The highest BCUT2D eigenvalue weighted by atomic mass is 16.2. The van der Waals surface area contributed by atoms with Crippen LogP contribution in [0.1, 0.15) is 41.4 Å². The number of hydrogen-bond donors (Lipinski definition) is 1. The third kappa shape index (κ3) is 4.91. The second kappa shape index (κ2) is 9.08. The fraction of sp³-hybridized carbons (Fsp3) is 0.273. The molecule has 144 valence electrons. The minimum absolute atomic E-state index is 0.143. The van der Waals surface area contributed by atoms with Crippen molar-refractivity contribution >= 4 is 17.4 Å². The van der Waals surface area contributed by atoms with Crippen LogP contribution in [0.2, 0.25) is 0 Å². The molecular formula is C22H25N5O. The molecule has 0 atom stereocenters. The van der Waals surface area contributed by atoms with Crippen molar-refractivity contribution in [2.45, 2.75) is 26.2 Å². The number of nitrogens with one attached hydrogen (secondary N) is 1. The number of carbonyl (C=O) groups is 1. The van der Waals surface area contributed by atoms with E-state index in [0.29, 0.717) is 24.0 Å². The lowest BCUT2D eigenvalue weighted by molar-refractivity contribution is 0.0789. The molecule has 3 aromatic rings. The van der Waals surface area contributed by atoms with Crippen LogP contribution in [0.5, 0.6) is 0 Å². The van der Waals surface area contributed by atoms with Gasteiger partial charge < -0.3 is 10.2 Å². The number of hydrogen-bond acceptors (Lipinski definition) is 5. The predicted molar refractivity (Wildman–Crippen MR) is 111 cm³/mol. The Kier molecular flexibility index (Phi) is 6.32. The molecule has 1 N–H and O–H groups in total. The van der Waals surface area contributed by atoms with Crippen LogP contribution in [0, 0.1) is 0 Å². The topological polar surface area (TPSA) is 71.0 Å². The maximum absolute atomic E-state index is 12.6. The molecule has 0 aliphatic heterocycles. The number of carbonyl (C=O) groups excluding carboxylic acids is 1. The molecule has 0 spiro atoms. The summed E-state index contributed by atoms with van der Waals surface area (Å²) in [6.45, 7) is 4.90. The summed E-state index contributed by atoms with van der Waals surface area (Å²) in [5, 5.41) is 11.6. The van der Waals surface area contributed by atoms with Gasteiger partial charge in [0, 0.05) is 31.7 Å². The van der Waals surface area contributed by atoms with Gasteiger partial charge in [0.2, 0.25) is 0 Å². The van der Waals surface area contributed by atoms with E-state index in [1.165, 1.54) is 5.56 Å². The molecule has 0 bridgehead atoms. The minimum Gasteiger partial charge on any atom is -0.340 e. The third-order valence-corrected chi connectivity index (χ3v) is 4.56. The van der Waals surface area contributed by atoms with Gasteiger partial charge >= 0.3 is 0 Å². The lowest BCUT2D eigenvalue weighted by Crippen LogP contribution is -2.29. The number of pyridine rings is 1. The first-order valence-electron chi connectivity index (χ1n) is 9.38. The minimum atomic E-state index is -0.143. The van der Waals surface area contributed by atoms with Crippen LogP contribution in [-0.4, -0.2) is 39.6 Å². The van der Waals surface area contributed by atoms with Gasteiger partial charge in [-0.25, -0.2) is 0 Å². The van der Waals surface area contributed by atoms with Crippen LogP contribution in [0.15, 0.2) is 60.9 Å². The van der Waals surface area contributed by atoms with E-state index in [1.807, 2.05) is 30.3 Å². The van der Waals surface area contributed by atoms with E-state index in [9.17, 15) is 4.79 Å². The van der Waals surface area contributed by atoms with Gasteiger partial charge in [-0.3, -0.25) is 9.78 Å². The third-order valence-electron chi connectivity index (χ3n) is 4.56. The first-order valence-corrected chi connectivity index (χ1v) is 9.38. The van der Waals surface area contributed by atoms with Crippen LogP contribution in [0.4, 0.5) is 11.5 Å². The first kappa shape index (κ1) is 19.5. The second-order valence-electron chi connectivity index (χ2n) is 7.00. The highest BCUT2D eigenvalue weighted by molar-refractivity contribution is 5.92. The van der Waals surface area contributed by atoms with Gasteiger partial charge in [-0.1, -0.05) is 32.0 Å². The molecule has 0 saturated heterocycles. The van der Waals surface area contributed by atoms with E-state index in [4.69, 9.17) is 0 Å². The van der Waals surface area contributed by atoms with E-state index in [0.717, 1.165) is 17.7 Å². The van der Waals surface area contributed by atoms with Gasteiger partial charge in [0.15, 0.2) is 11.5 Å². The molecule has 0 aliphatic rings. The maximum Gasteiger partial charge on any atom is 0.274 e. The summed E-state index contributed by atoms with van der Waals surface area (Å²) in [6, 6.07) is 15.5. The van der Waals surface area contributed by atoms with Crippen molar-refractivity contribution in [3.63, 3.8) is 0 Å². The standard InChI is InChI=1S/C22H25N5O/c1-16(2)18-6-4-5-7-19(18)24-21-9-8-20(25-26-21)22(28)27(3)15-12-17-10-13-23-14-11-17/h4-11,13-14,16H,12,15H2,1-3H3,(H,24,26). The Morgan fingerprint density at radius 2 is 1.79 bits per heavy atom. The Morgan fingerprint density at radius 1 is 1.04 bits per heavy atom. The molecule has 1 amide bonds. The molecule has 0 unspecified atom stereocenters. The smallest absolute Gasteiger partial charge is 0.274 e. The predicted octanol–water partition coefficient (Wildman–Crippen LogP) is 4.05. The zero-order chi connectivity index (χ0) is 19.9. The van der Waals surface area contributed by atoms with E-state index >= 15 is 0 Å².